The molecular weight excluding hydrogens is 416 g/mol. The van der Waals surface area contributed by atoms with E-state index in [4.69, 9.17) is 4.74 Å². The van der Waals surface area contributed by atoms with E-state index in [0.717, 1.165) is 17.8 Å². The van der Waals surface area contributed by atoms with Crippen LogP contribution in [0.5, 0.6) is 0 Å². The highest BCUT2D eigenvalue weighted by Crippen LogP contribution is 2.37. The van der Waals surface area contributed by atoms with Crippen LogP contribution < -0.4 is 10.6 Å². The maximum Gasteiger partial charge on any atom is 0.273 e. The molecular formula is C22H30N4O4S. The Morgan fingerprint density at radius 2 is 2.10 bits per heavy atom. The van der Waals surface area contributed by atoms with E-state index in [-0.39, 0.29) is 36.2 Å². The van der Waals surface area contributed by atoms with Crippen LogP contribution in [0.4, 0.5) is 0 Å². The molecule has 0 radical (unpaired) electrons. The molecule has 1 aromatic rings. The van der Waals surface area contributed by atoms with Crippen LogP contribution in [-0.2, 0) is 14.3 Å². The summed E-state index contributed by atoms with van der Waals surface area (Å²) in [5.41, 5.74) is -0.129. The first-order valence-electron chi connectivity index (χ1n) is 11.0. The van der Waals surface area contributed by atoms with E-state index in [0.29, 0.717) is 51.3 Å². The number of carbonyl (C=O) groups is 3. The molecule has 0 aromatic carbocycles. The Morgan fingerprint density at radius 3 is 2.84 bits per heavy atom. The summed E-state index contributed by atoms with van der Waals surface area (Å²) in [5, 5.41) is 8.57. The van der Waals surface area contributed by atoms with Crippen molar-refractivity contribution in [3.05, 3.63) is 28.2 Å². The highest BCUT2D eigenvalue weighted by molar-refractivity contribution is 7.09. The first kappa shape index (κ1) is 22.0. The lowest BCUT2D eigenvalue weighted by molar-refractivity contribution is -0.135. The van der Waals surface area contributed by atoms with Crippen LogP contribution in [-0.4, -0.2) is 66.5 Å². The number of amides is 3. The molecule has 2 fully saturated rings. The highest BCUT2D eigenvalue weighted by Gasteiger charge is 2.42. The number of thiazole rings is 1. The van der Waals surface area contributed by atoms with E-state index < -0.39 is 5.41 Å². The Hall–Kier alpha value is -2.26. The second kappa shape index (κ2) is 9.48. The van der Waals surface area contributed by atoms with Crippen LogP contribution in [0.3, 0.4) is 0 Å². The number of nitrogens with zero attached hydrogens (tertiary/aromatic N) is 2. The SMILES string of the molecule is Cc1nc(C(=O)N2CCC3(C/C=C/C[C@H]4COCC[C@@H]4NC(=O)CNC3=O)CC2)cs1. The van der Waals surface area contributed by atoms with Gasteiger partial charge in [-0.2, -0.15) is 0 Å². The predicted octanol–water partition coefficient (Wildman–Crippen LogP) is 1.66. The molecule has 3 aliphatic rings. The number of aryl methyl sites for hydroxylation is 1. The molecule has 8 nitrogen and oxygen atoms in total. The van der Waals surface area contributed by atoms with E-state index in [9.17, 15) is 14.4 Å². The van der Waals surface area contributed by atoms with Crippen LogP contribution in [0.2, 0.25) is 0 Å². The molecule has 4 rings (SSSR count). The van der Waals surface area contributed by atoms with Crippen molar-refractivity contribution >= 4 is 29.1 Å². The molecule has 2 N–H and O–H groups in total. The standard InChI is InChI=1S/C22H30N4O4S/c1-15-24-18(14-31-15)20(28)26-9-7-22(8-10-26)6-3-2-4-16-13-30-11-5-17(16)25-19(27)12-23-21(22)29/h2-3,14,16-17H,4-13H2,1H3,(H,23,29)(H,25,27)/b3-2+/t16-,17-/m0/s1. The van der Waals surface area contributed by atoms with Gasteiger partial charge in [0.1, 0.15) is 5.69 Å². The number of piperidine rings is 1. The molecule has 0 aliphatic carbocycles. The smallest absolute Gasteiger partial charge is 0.273 e. The number of allylic oxidation sites excluding steroid dienone is 2. The van der Waals surface area contributed by atoms with Crippen LogP contribution in [0, 0.1) is 18.3 Å². The molecule has 9 heteroatoms. The summed E-state index contributed by atoms with van der Waals surface area (Å²) in [6, 6.07) is 0.0831. The summed E-state index contributed by atoms with van der Waals surface area (Å²) in [5.74, 6) is -0.0865. The zero-order valence-corrected chi connectivity index (χ0v) is 18.7. The lowest BCUT2D eigenvalue weighted by Gasteiger charge is -2.40. The number of hydrogen-bond donors (Lipinski definition) is 2. The van der Waals surface area contributed by atoms with Gasteiger partial charge in [0.25, 0.3) is 5.91 Å². The van der Waals surface area contributed by atoms with Gasteiger partial charge in [0, 0.05) is 37.0 Å². The molecule has 0 unspecified atom stereocenters. The van der Waals surface area contributed by atoms with Crippen LogP contribution in [0.15, 0.2) is 17.5 Å². The fourth-order valence-corrected chi connectivity index (χ4v) is 5.28. The number of aromatic nitrogens is 1. The van der Waals surface area contributed by atoms with Crippen molar-refractivity contribution in [2.24, 2.45) is 11.3 Å². The zero-order chi connectivity index (χ0) is 21.8. The molecule has 31 heavy (non-hydrogen) atoms. The third-order valence-electron chi connectivity index (χ3n) is 6.67. The van der Waals surface area contributed by atoms with Crippen molar-refractivity contribution in [2.45, 2.75) is 45.1 Å². The minimum Gasteiger partial charge on any atom is -0.381 e. The van der Waals surface area contributed by atoms with E-state index in [1.807, 2.05) is 6.92 Å². The average Bonchev–Trinajstić information content (AvgIpc) is 3.21. The minimum absolute atomic E-state index is 0.0187. The molecule has 3 aliphatic heterocycles. The summed E-state index contributed by atoms with van der Waals surface area (Å²) in [6.07, 6.45) is 7.56. The quantitative estimate of drug-likeness (QED) is 0.639. The normalized spacial score (nSPS) is 28.0. The lowest BCUT2D eigenvalue weighted by atomic mass is 9.74. The van der Waals surface area contributed by atoms with Gasteiger partial charge in [-0.05, 0) is 39.0 Å². The Labute approximate surface area is 186 Å². The number of carbonyl (C=O) groups excluding carboxylic acids is 3. The molecule has 2 atom stereocenters. The van der Waals surface area contributed by atoms with Crippen molar-refractivity contribution in [1.29, 1.82) is 0 Å². The van der Waals surface area contributed by atoms with Crippen LogP contribution in [0.25, 0.3) is 0 Å². The molecule has 168 valence electrons. The average molecular weight is 447 g/mol. The first-order valence-corrected chi connectivity index (χ1v) is 11.9. The van der Waals surface area contributed by atoms with E-state index in [1.54, 1.807) is 10.3 Å². The fraction of sp³-hybridized carbons (Fsp3) is 0.636. The summed E-state index contributed by atoms with van der Waals surface area (Å²) in [6.45, 7) is 4.15. The molecule has 1 aromatic heterocycles. The van der Waals surface area contributed by atoms with Crippen molar-refractivity contribution < 1.29 is 19.1 Å². The van der Waals surface area contributed by atoms with Crippen molar-refractivity contribution in [1.82, 2.24) is 20.5 Å². The lowest BCUT2D eigenvalue weighted by Crippen LogP contribution is -2.53. The molecule has 2 saturated heterocycles. The van der Waals surface area contributed by atoms with Crippen molar-refractivity contribution in [2.75, 3.05) is 32.8 Å². The largest absolute Gasteiger partial charge is 0.381 e. The number of hydrogen-bond acceptors (Lipinski definition) is 6. The predicted molar refractivity (Wildman–Crippen MR) is 117 cm³/mol. The summed E-state index contributed by atoms with van der Waals surface area (Å²) in [7, 11) is 0. The molecule has 3 amide bonds. The van der Waals surface area contributed by atoms with E-state index in [2.05, 4.69) is 27.8 Å². The summed E-state index contributed by atoms with van der Waals surface area (Å²) >= 11 is 1.46. The van der Waals surface area contributed by atoms with Crippen LogP contribution in [0.1, 0.15) is 47.6 Å². The van der Waals surface area contributed by atoms with Gasteiger partial charge >= 0.3 is 0 Å². The number of nitrogens with one attached hydrogen (secondary N) is 2. The summed E-state index contributed by atoms with van der Waals surface area (Å²) < 4.78 is 5.60. The Bertz CT molecular complexity index is 859. The zero-order valence-electron chi connectivity index (χ0n) is 17.9. The number of ether oxygens (including phenoxy) is 1. The van der Waals surface area contributed by atoms with Gasteiger partial charge in [0.05, 0.1) is 23.6 Å². The topological polar surface area (TPSA) is 101 Å². The van der Waals surface area contributed by atoms with Gasteiger partial charge < -0.3 is 20.3 Å². The van der Waals surface area contributed by atoms with Gasteiger partial charge in [-0.1, -0.05) is 12.2 Å². The van der Waals surface area contributed by atoms with Crippen molar-refractivity contribution in [3.63, 3.8) is 0 Å². The summed E-state index contributed by atoms with van der Waals surface area (Å²) in [4.78, 5) is 44.4. The second-order valence-corrected chi connectivity index (χ2v) is 9.78. The number of fused-ring (bicyclic) bond motifs is 1. The Kier molecular flexibility index (Phi) is 6.71. The Balaban J connectivity index is 1.45. The minimum atomic E-state index is -0.604. The maximum absolute atomic E-state index is 13.1. The number of likely N-dealkylation sites (tertiary alicyclic amines) is 1. The third-order valence-corrected chi connectivity index (χ3v) is 7.45. The molecule has 0 saturated carbocycles. The molecule has 0 bridgehead atoms. The first-order chi connectivity index (χ1) is 15.0. The second-order valence-electron chi connectivity index (χ2n) is 8.72. The van der Waals surface area contributed by atoms with Gasteiger partial charge in [-0.25, -0.2) is 4.98 Å². The van der Waals surface area contributed by atoms with Gasteiger partial charge in [-0.15, -0.1) is 11.3 Å². The third kappa shape index (κ3) is 4.98. The van der Waals surface area contributed by atoms with Crippen molar-refractivity contribution in [3.8, 4) is 0 Å². The molecule has 4 heterocycles. The number of rotatable bonds is 1. The van der Waals surface area contributed by atoms with Gasteiger partial charge in [-0.3, -0.25) is 14.4 Å². The fourth-order valence-electron chi connectivity index (χ4n) is 4.69. The maximum atomic E-state index is 13.1. The van der Waals surface area contributed by atoms with E-state index >= 15 is 0 Å². The van der Waals surface area contributed by atoms with Gasteiger partial charge in [0.15, 0.2) is 0 Å². The van der Waals surface area contributed by atoms with E-state index in [1.165, 1.54) is 11.3 Å². The monoisotopic (exact) mass is 446 g/mol. The van der Waals surface area contributed by atoms with Gasteiger partial charge in [0.2, 0.25) is 11.8 Å². The Morgan fingerprint density at radius 1 is 1.29 bits per heavy atom. The highest BCUT2D eigenvalue weighted by atomic mass is 32.1. The van der Waals surface area contributed by atoms with Crippen LogP contribution >= 0.6 is 11.3 Å². The molecule has 1 spiro atoms.